The van der Waals surface area contributed by atoms with Crippen LogP contribution < -0.4 is 10.2 Å². The fraction of sp³-hybridized carbons (Fsp3) is 0.667. The molecule has 4 nitrogen and oxygen atoms in total. The molecule has 92 valence electrons. The van der Waals surface area contributed by atoms with E-state index in [9.17, 15) is 0 Å². The summed E-state index contributed by atoms with van der Waals surface area (Å²) in [7, 11) is 0. The normalized spacial score (nSPS) is 20.6. The molecule has 2 fully saturated rings. The molecule has 0 unspecified atom stereocenters. The van der Waals surface area contributed by atoms with Crippen molar-refractivity contribution in [3.05, 3.63) is 11.8 Å². The van der Waals surface area contributed by atoms with E-state index in [-0.39, 0.29) is 0 Å². The van der Waals surface area contributed by atoms with Gasteiger partial charge in [0.2, 0.25) is 0 Å². The summed E-state index contributed by atoms with van der Waals surface area (Å²) >= 11 is 1.64. The zero-order valence-corrected chi connectivity index (χ0v) is 11.0. The molecule has 0 aromatic carbocycles. The Bertz CT molecular complexity index is 399. The fourth-order valence-electron chi connectivity index (χ4n) is 2.17. The van der Waals surface area contributed by atoms with E-state index >= 15 is 0 Å². The molecule has 2 heterocycles. The van der Waals surface area contributed by atoms with Gasteiger partial charge in [-0.05, 0) is 19.1 Å². The van der Waals surface area contributed by atoms with Gasteiger partial charge < -0.3 is 10.2 Å². The molecule has 3 rings (SSSR count). The summed E-state index contributed by atoms with van der Waals surface area (Å²) in [6.45, 7) is 4.21. The van der Waals surface area contributed by atoms with Gasteiger partial charge in [0.15, 0.2) is 5.16 Å². The van der Waals surface area contributed by atoms with Gasteiger partial charge in [-0.1, -0.05) is 11.8 Å². The molecule has 1 aliphatic heterocycles. The maximum Gasteiger partial charge on any atom is 0.189 e. The summed E-state index contributed by atoms with van der Waals surface area (Å²) in [5, 5.41) is 4.29. The van der Waals surface area contributed by atoms with E-state index < -0.39 is 0 Å². The fourth-order valence-corrected chi connectivity index (χ4v) is 2.55. The van der Waals surface area contributed by atoms with Crippen molar-refractivity contribution in [3.63, 3.8) is 0 Å². The van der Waals surface area contributed by atoms with Gasteiger partial charge in [0, 0.05) is 38.2 Å². The minimum absolute atomic E-state index is 0.700. The monoisotopic (exact) mass is 250 g/mol. The lowest BCUT2D eigenvalue weighted by Gasteiger charge is -2.28. The third kappa shape index (κ3) is 2.55. The summed E-state index contributed by atoms with van der Waals surface area (Å²) in [5.41, 5.74) is 1.25. The number of rotatable bonds is 3. The number of nitrogens with zero attached hydrogens (tertiary/aromatic N) is 3. The zero-order valence-electron chi connectivity index (χ0n) is 10.1. The first kappa shape index (κ1) is 11.3. The Balaban J connectivity index is 1.88. The van der Waals surface area contributed by atoms with Crippen molar-refractivity contribution in [2.75, 3.05) is 37.3 Å². The van der Waals surface area contributed by atoms with Crippen LogP contribution in [0.15, 0.2) is 11.2 Å². The Labute approximate surface area is 106 Å². The number of hydrogen-bond donors (Lipinski definition) is 1. The lowest BCUT2D eigenvalue weighted by molar-refractivity contribution is 0.582. The standard InChI is InChI=1S/C12H18N4S/c1-17-12-14-10(9-2-3-9)8-11(15-12)16-6-4-13-5-7-16/h8-9,13H,2-7H2,1H3. The van der Waals surface area contributed by atoms with Crippen LogP contribution in [0.3, 0.4) is 0 Å². The van der Waals surface area contributed by atoms with Crippen molar-refractivity contribution < 1.29 is 0 Å². The molecule has 1 saturated heterocycles. The van der Waals surface area contributed by atoms with Crippen LogP contribution in [0.1, 0.15) is 24.5 Å². The molecular formula is C12H18N4S. The second-order valence-corrected chi connectivity index (χ2v) is 5.42. The smallest absolute Gasteiger partial charge is 0.189 e. The number of anilines is 1. The maximum atomic E-state index is 4.64. The van der Waals surface area contributed by atoms with E-state index in [4.69, 9.17) is 0 Å². The predicted molar refractivity (Wildman–Crippen MR) is 70.9 cm³/mol. The Morgan fingerprint density at radius 2 is 2.06 bits per heavy atom. The molecule has 5 heteroatoms. The van der Waals surface area contributed by atoms with E-state index in [2.05, 4.69) is 26.3 Å². The van der Waals surface area contributed by atoms with Crippen LogP contribution in [-0.4, -0.2) is 42.4 Å². The van der Waals surface area contributed by atoms with Crippen LogP contribution in [0.25, 0.3) is 0 Å². The minimum Gasteiger partial charge on any atom is -0.354 e. The van der Waals surface area contributed by atoms with E-state index in [1.54, 1.807) is 11.8 Å². The lowest BCUT2D eigenvalue weighted by Crippen LogP contribution is -2.44. The molecule has 0 radical (unpaired) electrons. The van der Waals surface area contributed by atoms with Crippen LogP contribution in [-0.2, 0) is 0 Å². The summed E-state index contributed by atoms with van der Waals surface area (Å²) in [5.74, 6) is 1.82. The van der Waals surface area contributed by atoms with E-state index in [1.165, 1.54) is 18.5 Å². The van der Waals surface area contributed by atoms with Crippen molar-refractivity contribution in [2.45, 2.75) is 23.9 Å². The third-order valence-corrected chi connectivity index (χ3v) is 3.88. The second-order valence-electron chi connectivity index (χ2n) is 4.65. The van der Waals surface area contributed by atoms with Crippen molar-refractivity contribution in [3.8, 4) is 0 Å². The highest BCUT2D eigenvalue weighted by Crippen LogP contribution is 2.40. The number of hydrogen-bond acceptors (Lipinski definition) is 5. The molecular weight excluding hydrogens is 232 g/mol. The Kier molecular flexibility index (Phi) is 3.20. The van der Waals surface area contributed by atoms with Gasteiger partial charge in [-0.3, -0.25) is 0 Å². The first-order valence-corrected chi connectivity index (χ1v) is 7.48. The third-order valence-electron chi connectivity index (χ3n) is 3.33. The van der Waals surface area contributed by atoms with Crippen LogP contribution in [0.5, 0.6) is 0 Å². The molecule has 1 aromatic heterocycles. The van der Waals surface area contributed by atoms with Gasteiger partial charge in [0.1, 0.15) is 5.82 Å². The van der Waals surface area contributed by atoms with Gasteiger partial charge in [-0.2, -0.15) is 0 Å². The number of piperazine rings is 1. The number of nitrogens with one attached hydrogen (secondary N) is 1. The van der Waals surface area contributed by atoms with Crippen molar-refractivity contribution >= 4 is 17.6 Å². The van der Waals surface area contributed by atoms with Crippen LogP contribution >= 0.6 is 11.8 Å². The van der Waals surface area contributed by atoms with Gasteiger partial charge in [-0.25, -0.2) is 9.97 Å². The summed E-state index contributed by atoms with van der Waals surface area (Å²) in [6.07, 6.45) is 4.64. The van der Waals surface area contributed by atoms with Gasteiger partial charge in [-0.15, -0.1) is 0 Å². The molecule has 0 amide bonds. The van der Waals surface area contributed by atoms with E-state index in [0.717, 1.165) is 37.2 Å². The highest BCUT2D eigenvalue weighted by Gasteiger charge is 2.27. The summed E-state index contributed by atoms with van der Waals surface area (Å²) in [6, 6.07) is 2.20. The molecule has 0 atom stereocenters. The molecule has 0 spiro atoms. The first-order chi connectivity index (χ1) is 8.36. The predicted octanol–water partition coefficient (Wildman–Crippen LogP) is 1.49. The highest BCUT2D eigenvalue weighted by atomic mass is 32.2. The first-order valence-electron chi connectivity index (χ1n) is 6.25. The molecule has 1 saturated carbocycles. The average molecular weight is 250 g/mol. The molecule has 17 heavy (non-hydrogen) atoms. The second kappa shape index (κ2) is 4.82. The number of thioether (sulfide) groups is 1. The van der Waals surface area contributed by atoms with Gasteiger partial charge >= 0.3 is 0 Å². The van der Waals surface area contributed by atoms with Crippen molar-refractivity contribution in [2.24, 2.45) is 0 Å². The lowest BCUT2D eigenvalue weighted by atomic mass is 10.2. The van der Waals surface area contributed by atoms with Crippen molar-refractivity contribution in [1.29, 1.82) is 0 Å². The zero-order chi connectivity index (χ0) is 11.7. The number of aromatic nitrogens is 2. The largest absolute Gasteiger partial charge is 0.354 e. The topological polar surface area (TPSA) is 41.1 Å². The van der Waals surface area contributed by atoms with Gasteiger partial charge in [0.05, 0.1) is 5.69 Å². The van der Waals surface area contributed by atoms with Gasteiger partial charge in [0.25, 0.3) is 0 Å². The molecule has 0 bridgehead atoms. The van der Waals surface area contributed by atoms with Crippen LogP contribution in [0, 0.1) is 0 Å². The van der Waals surface area contributed by atoms with Crippen molar-refractivity contribution in [1.82, 2.24) is 15.3 Å². The minimum atomic E-state index is 0.700. The van der Waals surface area contributed by atoms with E-state index in [1.807, 2.05) is 6.26 Å². The van der Waals surface area contributed by atoms with Crippen LogP contribution in [0.4, 0.5) is 5.82 Å². The Morgan fingerprint density at radius 3 is 2.71 bits per heavy atom. The molecule has 2 aliphatic rings. The SMILES string of the molecule is CSc1nc(C2CC2)cc(N2CCNCC2)n1. The Morgan fingerprint density at radius 1 is 1.29 bits per heavy atom. The Hall–Kier alpha value is -0.810. The maximum absolute atomic E-state index is 4.64. The van der Waals surface area contributed by atoms with E-state index in [0.29, 0.717) is 5.92 Å². The molecule has 1 aliphatic carbocycles. The summed E-state index contributed by atoms with van der Waals surface area (Å²) in [4.78, 5) is 11.6. The highest BCUT2D eigenvalue weighted by molar-refractivity contribution is 7.98. The molecule has 1 aromatic rings. The molecule has 1 N–H and O–H groups in total. The summed E-state index contributed by atoms with van der Waals surface area (Å²) < 4.78 is 0. The quantitative estimate of drug-likeness (QED) is 0.650. The average Bonchev–Trinajstić information content (AvgIpc) is 3.23. The van der Waals surface area contributed by atoms with Crippen LogP contribution in [0.2, 0.25) is 0 Å².